The zero-order chi connectivity index (χ0) is 19.4. The molecule has 0 unspecified atom stereocenters. The number of halogens is 1. The Morgan fingerprint density at radius 3 is 2.67 bits per heavy atom. The van der Waals surface area contributed by atoms with Crippen LogP contribution >= 0.6 is 0 Å². The second kappa shape index (κ2) is 5.97. The minimum atomic E-state index is -0.523. The first kappa shape index (κ1) is 17.8. The van der Waals surface area contributed by atoms with E-state index < -0.39 is 11.4 Å². The third kappa shape index (κ3) is 3.38. The molecule has 4 rings (SSSR count). The van der Waals surface area contributed by atoms with Gasteiger partial charge in [0.05, 0.1) is 5.54 Å². The predicted octanol–water partition coefficient (Wildman–Crippen LogP) is 3.67. The number of aromatic nitrogens is 1. The standard InChI is InChI=1S/C20H24FN3O3/c1-19(2,3)27-18(26)24-9-8-23(12-20(24)6-7-20)14-10-13-4-5-16(25)22-17(13)15(21)11-14/h4-5,10-11H,6-9,12H2,1-3H3,(H,22,25). The van der Waals surface area contributed by atoms with E-state index in [1.807, 2.05) is 31.7 Å². The SMILES string of the molecule is CC(C)(C)OC(=O)N1CCN(c2cc(F)c3nc(O)ccc3c2)CC12CC2. The molecule has 0 bridgehead atoms. The van der Waals surface area contributed by atoms with Gasteiger partial charge in [-0.2, -0.15) is 0 Å². The lowest BCUT2D eigenvalue weighted by atomic mass is 10.1. The van der Waals surface area contributed by atoms with Gasteiger partial charge in [0, 0.05) is 36.8 Å². The van der Waals surface area contributed by atoms with Crippen molar-refractivity contribution < 1.29 is 19.0 Å². The van der Waals surface area contributed by atoms with Gasteiger partial charge in [0.2, 0.25) is 5.88 Å². The molecule has 0 atom stereocenters. The molecular weight excluding hydrogens is 349 g/mol. The number of amides is 1. The van der Waals surface area contributed by atoms with Crippen molar-refractivity contribution in [3.05, 3.63) is 30.1 Å². The van der Waals surface area contributed by atoms with E-state index in [4.69, 9.17) is 4.74 Å². The maximum Gasteiger partial charge on any atom is 0.410 e. The van der Waals surface area contributed by atoms with Crippen LogP contribution in [0.3, 0.4) is 0 Å². The molecule has 2 heterocycles. The van der Waals surface area contributed by atoms with Crippen LogP contribution < -0.4 is 4.90 Å². The van der Waals surface area contributed by atoms with E-state index in [2.05, 4.69) is 9.88 Å². The highest BCUT2D eigenvalue weighted by Crippen LogP contribution is 2.46. The molecule has 0 radical (unpaired) electrons. The fourth-order valence-corrected chi connectivity index (χ4v) is 3.72. The first-order chi connectivity index (χ1) is 12.7. The maximum atomic E-state index is 14.5. The van der Waals surface area contributed by atoms with Crippen LogP contribution in [0, 0.1) is 5.82 Å². The van der Waals surface area contributed by atoms with Crippen molar-refractivity contribution in [3.63, 3.8) is 0 Å². The van der Waals surface area contributed by atoms with Crippen molar-refractivity contribution in [2.75, 3.05) is 24.5 Å². The number of carbonyl (C=O) groups is 1. The molecule has 1 spiro atoms. The number of rotatable bonds is 1. The van der Waals surface area contributed by atoms with Crippen molar-refractivity contribution in [2.24, 2.45) is 0 Å². The van der Waals surface area contributed by atoms with Crippen LogP contribution in [0.2, 0.25) is 0 Å². The van der Waals surface area contributed by atoms with E-state index >= 15 is 0 Å². The lowest BCUT2D eigenvalue weighted by molar-refractivity contribution is 0.0106. The summed E-state index contributed by atoms with van der Waals surface area (Å²) in [4.78, 5) is 20.4. The Labute approximate surface area is 157 Å². The molecule has 27 heavy (non-hydrogen) atoms. The van der Waals surface area contributed by atoms with Crippen molar-refractivity contribution in [2.45, 2.75) is 44.8 Å². The largest absolute Gasteiger partial charge is 0.493 e. The average molecular weight is 373 g/mol. The Morgan fingerprint density at radius 2 is 2.00 bits per heavy atom. The van der Waals surface area contributed by atoms with E-state index in [0.717, 1.165) is 18.5 Å². The molecule has 2 aromatic rings. The molecule has 1 N–H and O–H groups in total. The number of aromatic hydroxyl groups is 1. The summed E-state index contributed by atoms with van der Waals surface area (Å²) < 4.78 is 20.1. The Hall–Kier alpha value is -2.57. The highest BCUT2D eigenvalue weighted by atomic mass is 19.1. The Kier molecular flexibility index (Phi) is 3.94. The van der Waals surface area contributed by atoms with Gasteiger partial charge >= 0.3 is 6.09 Å². The predicted molar refractivity (Wildman–Crippen MR) is 100 cm³/mol. The Balaban J connectivity index is 1.57. The smallest absolute Gasteiger partial charge is 0.410 e. The van der Waals surface area contributed by atoms with E-state index in [0.29, 0.717) is 25.0 Å². The average Bonchev–Trinajstić information content (AvgIpc) is 3.33. The van der Waals surface area contributed by atoms with E-state index in [1.54, 1.807) is 6.07 Å². The van der Waals surface area contributed by atoms with Crippen molar-refractivity contribution in [1.29, 1.82) is 0 Å². The second-order valence-corrected chi connectivity index (χ2v) is 8.45. The van der Waals surface area contributed by atoms with Gasteiger partial charge in [-0.25, -0.2) is 14.2 Å². The van der Waals surface area contributed by atoms with Gasteiger partial charge in [0.15, 0.2) is 5.82 Å². The summed E-state index contributed by atoms with van der Waals surface area (Å²) in [5.41, 5.74) is 0.179. The van der Waals surface area contributed by atoms with Gasteiger partial charge in [0.25, 0.3) is 0 Å². The lowest BCUT2D eigenvalue weighted by Gasteiger charge is -2.43. The highest BCUT2D eigenvalue weighted by molar-refractivity contribution is 5.84. The highest BCUT2D eigenvalue weighted by Gasteiger charge is 2.54. The lowest BCUT2D eigenvalue weighted by Crippen LogP contribution is -2.58. The van der Waals surface area contributed by atoms with Crippen LogP contribution in [0.15, 0.2) is 24.3 Å². The first-order valence-electron chi connectivity index (χ1n) is 9.22. The van der Waals surface area contributed by atoms with Crippen LogP contribution in [0.4, 0.5) is 14.9 Å². The zero-order valence-electron chi connectivity index (χ0n) is 15.8. The summed E-state index contributed by atoms with van der Waals surface area (Å²) in [6.45, 7) is 7.40. The number of carbonyl (C=O) groups excluding carboxylic acids is 1. The third-order valence-corrected chi connectivity index (χ3v) is 5.17. The van der Waals surface area contributed by atoms with Crippen molar-refractivity contribution in [1.82, 2.24) is 9.88 Å². The number of fused-ring (bicyclic) bond motifs is 1. The van der Waals surface area contributed by atoms with Crippen molar-refractivity contribution >= 4 is 22.7 Å². The molecule has 1 saturated carbocycles. The zero-order valence-corrected chi connectivity index (χ0v) is 15.8. The summed E-state index contributed by atoms with van der Waals surface area (Å²) in [6, 6.07) is 6.44. The molecular formula is C20H24FN3O3. The van der Waals surface area contributed by atoms with Gasteiger partial charge in [-0.1, -0.05) is 0 Å². The minimum absolute atomic E-state index is 0.160. The number of piperazine rings is 1. The summed E-state index contributed by atoms with van der Waals surface area (Å²) in [5.74, 6) is -0.658. The molecule has 1 aliphatic heterocycles. The van der Waals surface area contributed by atoms with Gasteiger partial charge < -0.3 is 14.7 Å². The van der Waals surface area contributed by atoms with Gasteiger partial charge in [-0.15, -0.1) is 0 Å². The van der Waals surface area contributed by atoms with E-state index in [-0.39, 0.29) is 23.0 Å². The fraction of sp³-hybridized carbons (Fsp3) is 0.500. The number of benzene rings is 1. The monoisotopic (exact) mass is 373 g/mol. The molecule has 1 amide bonds. The summed E-state index contributed by atoms with van der Waals surface area (Å²) >= 11 is 0. The Bertz CT molecular complexity index is 905. The summed E-state index contributed by atoms with van der Waals surface area (Å²) in [6.07, 6.45) is 1.58. The van der Waals surface area contributed by atoms with Crippen molar-refractivity contribution in [3.8, 4) is 5.88 Å². The van der Waals surface area contributed by atoms with Crippen LogP contribution in [0.5, 0.6) is 5.88 Å². The molecule has 6 nitrogen and oxygen atoms in total. The number of anilines is 1. The molecule has 7 heteroatoms. The van der Waals surface area contributed by atoms with E-state index in [9.17, 15) is 14.3 Å². The topological polar surface area (TPSA) is 65.9 Å². The van der Waals surface area contributed by atoms with E-state index in [1.165, 1.54) is 12.1 Å². The van der Waals surface area contributed by atoms with Crippen LogP contribution in [0.25, 0.3) is 10.9 Å². The number of hydrogen-bond acceptors (Lipinski definition) is 5. The van der Waals surface area contributed by atoms with Gasteiger partial charge in [0.1, 0.15) is 11.1 Å². The number of nitrogens with zero attached hydrogens (tertiary/aromatic N) is 3. The molecule has 2 fully saturated rings. The minimum Gasteiger partial charge on any atom is -0.493 e. The normalized spacial score (nSPS) is 18.8. The first-order valence-corrected chi connectivity index (χ1v) is 9.22. The molecule has 1 aromatic carbocycles. The third-order valence-electron chi connectivity index (χ3n) is 5.17. The quantitative estimate of drug-likeness (QED) is 0.826. The Morgan fingerprint density at radius 1 is 1.26 bits per heavy atom. The molecule has 1 saturated heterocycles. The number of pyridine rings is 1. The molecule has 1 aliphatic carbocycles. The molecule has 1 aromatic heterocycles. The van der Waals surface area contributed by atoms with Crippen LogP contribution in [-0.4, -0.2) is 51.9 Å². The number of ether oxygens (including phenoxy) is 1. The number of hydrogen-bond donors (Lipinski definition) is 1. The van der Waals surface area contributed by atoms with Crippen LogP contribution in [-0.2, 0) is 4.74 Å². The molecule has 2 aliphatic rings. The summed E-state index contributed by atoms with van der Waals surface area (Å²) in [5, 5.41) is 10.1. The fourth-order valence-electron chi connectivity index (χ4n) is 3.72. The second-order valence-electron chi connectivity index (χ2n) is 8.45. The summed E-state index contributed by atoms with van der Waals surface area (Å²) in [7, 11) is 0. The maximum absolute atomic E-state index is 14.5. The van der Waals surface area contributed by atoms with Gasteiger partial charge in [-0.3, -0.25) is 4.90 Å². The molecule has 144 valence electrons. The van der Waals surface area contributed by atoms with Crippen LogP contribution in [0.1, 0.15) is 33.6 Å². The van der Waals surface area contributed by atoms with Gasteiger partial charge in [-0.05, 0) is 51.8 Å².